The molecule has 0 bridgehead atoms. The van der Waals surface area contributed by atoms with E-state index in [0.717, 1.165) is 14.2 Å². The van der Waals surface area contributed by atoms with E-state index in [-0.39, 0.29) is 5.02 Å². The van der Waals surface area contributed by atoms with Crippen LogP contribution in [0.3, 0.4) is 0 Å². The van der Waals surface area contributed by atoms with Crippen LogP contribution in [0.4, 0.5) is 4.39 Å². The molecular weight excluding hydrogens is 346 g/mol. The summed E-state index contributed by atoms with van der Waals surface area (Å²) in [5, 5.41) is -0.431. The zero-order chi connectivity index (χ0) is 12.6. The van der Waals surface area contributed by atoms with Crippen LogP contribution < -0.4 is 0 Å². The van der Waals surface area contributed by atoms with Gasteiger partial charge in [0.15, 0.2) is 0 Å². The van der Waals surface area contributed by atoms with Gasteiger partial charge in [0, 0.05) is 19.8 Å². The molecule has 1 aromatic heterocycles. The van der Waals surface area contributed by atoms with Crippen molar-refractivity contribution in [1.29, 1.82) is 0 Å². The summed E-state index contributed by atoms with van der Waals surface area (Å²) in [6.07, 6.45) is 0. The molecule has 0 saturated heterocycles. The summed E-state index contributed by atoms with van der Waals surface area (Å²) in [7, 11) is 0. The van der Waals surface area contributed by atoms with Crippen molar-refractivity contribution < 1.29 is 4.39 Å². The van der Waals surface area contributed by atoms with Gasteiger partial charge < -0.3 is 0 Å². The molecule has 0 N–H and O–H groups in total. The molecule has 0 saturated carbocycles. The van der Waals surface area contributed by atoms with Crippen LogP contribution in [0.15, 0.2) is 28.7 Å². The van der Waals surface area contributed by atoms with Crippen molar-refractivity contribution in [3.63, 3.8) is 0 Å². The number of hydrogen-bond donors (Lipinski definition) is 0. The monoisotopic (exact) mass is 352 g/mol. The van der Waals surface area contributed by atoms with Gasteiger partial charge in [0.25, 0.3) is 0 Å². The Hall–Kier alpha value is -0.0900. The molecule has 1 heterocycles. The number of halogens is 4. The summed E-state index contributed by atoms with van der Waals surface area (Å²) in [4.78, 5) is 2.02. The molecule has 0 aliphatic rings. The Kier molecular flexibility index (Phi) is 4.14. The molecule has 1 aromatic carbocycles. The van der Waals surface area contributed by atoms with Crippen LogP contribution in [0.1, 0.15) is 20.7 Å². The maximum absolute atomic E-state index is 13.8. The number of alkyl halides is 1. The van der Waals surface area contributed by atoms with Gasteiger partial charge in [-0.1, -0.05) is 23.7 Å². The predicted molar refractivity (Wildman–Crippen MR) is 75.9 cm³/mol. The highest BCUT2D eigenvalue weighted by molar-refractivity contribution is 9.10. The first-order valence-electron chi connectivity index (χ1n) is 4.84. The second kappa shape index (κ2) is 5.27. The third-order valence-electron chi connectivity index (χ3n) is 2.32. The average molecular weight is 354 g/mol. The second-order valence-electron chi connectivity index (χ2n) is 3.57. The van der Waals surface area contributed by atoms with Gasteiger partial charge in [0.2, 0.25) is 0 Å². The van der Waals surface area contributed by atoms with Gasteiger partial charge in [-0.2, -0.15) is 0 Å². The van der Waals surface area contributed by atoms with E-state index >= 15 is 0 Å². The third kappa shape index (κ3) is 2.68. The van der Waals surface area contributed by atoms with Crippen LogP contribution in [-0.2, 0) is 0 Å². The number of rotatable bonds is 2. The lowest BCUT2D eigenvalue weighted by atomic mass is 10.1. The van der Waals surface area contributed by atoms with E-state index in [1.807, 2.05) is 13.0 Å². The van der Waals surface area contributed by atoms with Crippen molar-refractivity contribution in [1.82, 2.24) is 0 Å². The van der Waals surface area contributed by atoms with E-state index in [2.05, 4.69) is 15.9 Å². The normalized spacial score (nSPS) is 12.8. The quantitative estimate of drug-likeness (QED) is 0.586. The summed E-state index contributed by atoms with van der Waals surface area (Å²) in [5.74, 6) is -0.452. The van der Waals surface area contributed by atoms with Gasteiger partial charge in [-0.25, -0.2) is 4.39 Å². The topological polar surface area (TPSA) is 0 Å². The van der Waals surface area contributed by atoms with Crippen LogP contribution in [0.25, 0.3) is 0 Å². The van der Waals surface area contributed by atoms with Gasteiger partial charge >= 0.3 is 0 Å². The molecule has 0 radical (unpaired) electrons. The predicted octanol–water partition coefficient (Wildman–Crippen LogP) is 5.94. The summed E-state index contributed by atoms with van der Waals surface area (Å²) in [6, 6.07) is 6.83. The minimum absolute atomic E-state index is 0.0950. The van der Waals surface area contributed by atoms with Crippen LogP contribution in [0.5, 0.6) is 0 Å². The van der Waals surface area contributed by atoms with Crippen molar-refractivity contribution in [3.05, 3.63) is 54.9 Å². The fraction of sp³-hybridized carbons (Fsp3) is 0.167. The fourth-order valence-electron chi connectivity index (χ4n) is 1.53. The molecule has 2 rings (SSSR count). The molecule has 0 aliphatic heterocycles. The average Bonchev–Trinajstić information content (AvgIpc) is 2.61. The summed E-state index contributed by atoms with van der Waals surface area (Å²) in [6.45, 7) is 1.98. The summed E-state index contributed by atoms with van der Waals surface area (Å²) < 4.78 is 14.8. The third-order valence-corrected chi connectivity index (χ3v) is 5.23. The van der Waals surface area contributed by atoms with E-state index in [1.165, 1.54) is 6.07 Å². The van der Waals surface area contributed by atoms with Crippen LogP contribution in [0, 0.1) is 12.7 Å². The van der Waals surface area contributed by atoms with Crippen LogP contribution in [0.2, 0.25) is 5.02 Å². The summed E-state index contributed by atoms with van der Waals surface area (Å²) >= 11 is 17.0. The molecule has 90 valence electrons. The van der Waals surface area contributed by atoms with E-state index < -0.39 is 11.2 Å². The van der Waals surface area contributed by atoms with Gasteiger partial charge in [0.1, 0.15) is 5.82 Å². The number of hydrogen-bond acceptors (Lipinski definition) is 1. The molecule has 0 nitrogen and oxygen atoms in total. The molecule has 1 unspecified atom stereocenters. The van der Waals surface area contributed by atoms with Gasteiger partial charge in [-0.3, -0.25) is 0 Å². The Morgan fingerprint density at radius 2 is 2.12 bits per heavy atom. The lowest BCUT2D eigenvalue weighted by Gasteiger charge is -2.10. The van der Waals surface area contributed by atoms with Crippen LogP contribution in [-0.4, -0.2) is 0 Å². The van der Waals surface area contributed by atoms with E-state index in [1.54, 1.807) is 23.5 Å². The highest BCUT2D eigenvalue weighted by Gasteiger charge is 2.21. The number of benzene rings is 1. The Morgan fingerprint density at radius 1 is 1.41 bits per heavy atom. The van der Waals surface area contributed by atoms with Crippen molar-refractivity contribution >= 4 is 50.5 Å². The lowest BCUT2D eigenvalue weighted by Crippen LogP contribution is -1.96. The first-order valence-corrected chi connectivity index (χ1v) is 7.27. The minimum Gasteiger partial charge on any atom is -0.205 e. The first-order chi connectivity index (χ1) is 8.00. The molecule has 1 atom stereocenters. The van der Waals surface area contributed by atoms with Crippen molar-refractivity contribution in [2.24, 2.45) is 0 Å². The molecule has 0 fully saturated rings. The van der Waals surface area contributed by atoms with Gasteiger partial charge in [0.05, 0.1) is 10.4 Å². The SMILES string of the molecule is Cc1cc(Br)c(C(Cl)c2cccc(Cl)c2F)s1. The van der Waals surface area contributed by atoms with Crippen molar-refractivity contribution in [2.75, 3.05) is 0 Å². The zero-order valence-electron chi connectivity index (χ0n) is 8.81. The van der Waals surface area contributed by atoms with Crippen LogP contribution >= 0.6 is 50.5 Å². The standard InChI is InChI=1S/C12H8BrCl2FS/c1-6-5-8(13)12(17-6)10(15)7-3-2-4-9(14)11(7)16/h2-5,10H,1H3. The van der Waals surface area contributed by atoms with E-state index in [9.17, 15) is 4.39 Å². The Morgan fingerprint density at radius 3 is 2.71 bits per heavy atom. The van der Waals surface area contributed by atoms with Gasteiger partial charge in [-0.05, 0) is 35.0 Å². The van der Waals surface area contributed by atoms with E-state index in [0.29, 0.717) is 5.56 Å². The summed E-state index contributed by atoms with van der Waals surface area (Å²) in [5.41, 5.74) is 0.404. The number of thiophene rings is 1. The molecule has 17 heavy (non-hydrogen) atoms. The molecule has 0 aliphatic carbocycles. The van der Waals surface area contributed by atoms with Gasteiger partial charge in [-0.15, -0.1) is 22.9 Å². The Balaban J connectivity index is 2.47. The van der Waals surface area contributed by atoms with E-state index in [4.69, 9.17) is 23.2 Å². The minimum atomic E-state index is -0.526. The maximum Gasteiger partial charge on any atom is 0.146 e. The zero-order valence-corrected chi connectivity index (χ0v) is 12.7. The van der Waals surface area contributed by atoms with Crippen molar-refractivity contribution in [3.8, 4) is 0 Å². The molecule has 5 heteroatoms. The highest BCUT2D eigenvalue weighted by atomic mass is 79.9. The highest BCUT2D eigenvalue weighted by Crippen LogP contribution is 2.40. The largest absolute Gasteiger partial charge is 0.205 e. The first kappa shape index (κ1) is 13.3. The smallest absolute Gasteiger partial charge is 0.146 e. The molecule has 0 amide bonds. The number of aryl methyl sites for hydroxylation is 1. The molecule has 2 aromatic rings. The lowest BCUT2D eigenvalue weighted by molar-refractivity contribution is 0.613. The maximum atomic E-state index is 13.8. The van der Waals surface area contributed by atoms with Crippen molar-refractivity contribution in [2.45, 2.75) is 12.3 Å². The fourth-order valence-corrected chi connectivity index (χ4v) is 4.14. The Labute approximate surface area is 121 Å². The Bertz CT molecular complexity index is 553. The molecule has 0 spiro atoms. The molecular formula is C12H8BrCl2FS. The second-order valence-corrected chi connectivity index (χ2v) is 6.56.